The first-order chi connectivity index (χ1) is 10.1. The van der Waals surface area contributed by atoms with Crippen molar-refractivity contribution in [2.24, 2.45) is 0 Å². The van der Waals surface area contributed by atoms with Crippen LogP contribution >= 0.6 is 0 Å². The number of rotatable bonds is 4. The molecule has 0 aliphatic rings. The van der Waals surface area contributed by atoms with Gasteiger partial charge in [0.05, 0.1) is 18.5 Å². The predicted molar refractivity (Wildman–Crippen MR) is 79.1 cm³/mol. The largest absolute Gasteiger partial charge is 0.464 e. The highest BCUT2D eigenvalue weighted by Crippen LogP contribution is 2.30. The normalized spacial score (nSPS) is 10.2. The van der Waals surface area contributed by atoms with Gasteiger partial charge in [-0.3, -0.25) is 0 Å². The molecule has 2 rings (SSSR count). The third-order valence-electron chi connectivity index (χ3n) is 3.01. The molecule has 110 valence electrons. The van der Waals surface area contributed by atoms with Gasteiger partial charge in [-0.05, 0) is 31.2 Å². The van der Waals surface area contributed by atoms with E-state index in [0.29, 0.717) is 23.7 Å². The molecule has 2 N–H and O–H groups in total. The van der Waals surface area contributed by atoms with Gasteiger partial charge in [-0.2, -0.15) is 0 Å². The lowest BCUT2D eigenvalue weighted by Gasteiger charge is -2.24. The Morgan fingerprint density at radius 2 is 2.05 bits per heavy atom. The van der Waals surface area contributed by atoms with Crippen LogP contribution in [-0.2, 0) is 4.74 Å². The number of hydrogen-bond acceptors (Lipinski definition) is 5. The zero-order chi connectivity index (χ0) is 15.4. The highest BCUT2D eigenvalue weighted by Gasteiger charge is 2.18. The summed E-state index contributed by atoms with van der Waals surface area (Å²) in [5.74, 6) is -0.629. The van der Waals surface area contributed by atoms with Gasteiger partial charge in [-0.25, -0.2) is 14.2 Å². The lowest BCUT2D eigenvalue weighted by Crippen LogP contribution is -2.21. The SMILES string of the molecule is CCN(c1ccccc1F)c1nc(C(=O)OC)ccc1N. The lowest BCUT2D eigenvalue weighted by atomic mass is 10.2. The number of hydrogen-bond donors (Lipinski definition) is 1. The molecule has 6 heteroatoms. The Bertz CT molecular complexity index is 661. The average molecular weight is 289 g/mol. The number of nitrogen functional groups attached to an aromatic ring is 1. The average Bonchev–Trinajstić information content (AvgIpc) is 2.50. The molecule has 0 aliphatic carbocycles. The molecule has 0 radical (unpaired) electrons. The van der Waals surface area contributed by atoms with Crippen molar-refractivity contribution in [3.05, 3.63) is 47.9 Å². The van der Waals surface area contributed by atoms with Crippen LogP contribution in [0, 0.1) is 5.82 Å². The maximum Gasteiger partial charge on any atom is 0.356 e. The second kappa shape index (κ2) is 6.21. The van der Waals surface area contributed by atoms with E-state index in [0.717, 1.165) is 0 Å². The highest BCUT2D eigenvalue weighted by atomic mass is 19.1. The van der Waals surface area contributed by atoms with Gasteiger partial charge in [0.15, 0.2) is 11.5 Å². The number of benzene rings is 1. The van der Waals surface area contributed by atoms with E-state index in [4.69, 9.17) is 5.73 Å². The Hall–Kier alpha value is -2.63. The summed E-state index contributed by atoms with van der Waals surface area (Å²) < 4.78 is 18.6. The highest BCUT2D eigenvalue weighted by molar-refractivity contribution is 5.89. The number of carbonyl (C=O) groups excluding carboxylic acids is 1. The van der Waals surface area contributed by atoms with E-state index in [2.05, 4.69) is 9.72 Å². The van der Waals surface area contributed by atoms with Gasteiger partial charge < -0.3 is 15.4 Å². The van der Waals surface area contributed by atoms with E-state index in [9.17, 15) is 9.18 Å². The molecule has 0 spiro atoms. The van der Waals surface area contributed by atoms with Gasteiger partial charge in [0, 0.05) is 6.54 Å². The maximum atomic E-state index is 14.0. The molecule has 0 atom stereocenters. The van der Waals surface area contributed by atoms with Crippen LogP contribution in [0.2, 0.25) is 0 Å². The molecule has 0 saturated heterocycles. The van der Waals surface area contributed by atoms with Crippen molar-refractivity contribution in [2.75, 3.05) is 24.3 Å². The van der Waals surface area contributed by atoms with Crippen molar-refractivity contribution in [3.8, 4) is 0 Å². The van der Waals surface area contributed by atoms with Crippen molar-refractivity contribution in [2.45, 2.75) is 6.92 Å². The number of ether oxygens (including phenoxy) is 1. The number of pyridine rings is 1. The molecule has 0 fully saturated rings. The standard InChI is InChI=1S/C15H16FN3O2/c1-3-19(13-7-5-4-6-10(13)16)14-11(17)8-9-12(18-14)15(20)21-2/h4-9H,3,17H2,1-2H3. The quantitative estimate of drug-likeness (QED) is 0.876. The molecule has 0 aliphatic heterocycles. The molecule has 0 saturated carbocycles. The van der Waals surface area contributed by atoms with Crippen molar-refractivity contribution >= 4 is 23.2 Å². The summed E-state index contributed by atoms with van der Waals surface area (Å²) >= 11 is 0. The van der Waals surface area contributed by atoms with Gasteiger partial charge in [-0.1, -0.05) is 12.1 Å². The van der Waals surface area contributed by atoms with Crippen molar-refractivity contribution in [1.29, 1.82) is 0 Å². The Balaban J connectivity index is 2.52. The number of nitrogens with zero attached hydrogens (tertiary/aromatic N) is 2. The molecule has 5 nitrogen and oxygen atoms in total. The number of methoxy groups -OCH3 is 1. The van der Waals surface area contributed by atoms with Crippen molar-refractivity contribution < 1.29 is 13.9 Å². The predicted octanol–water partition coefficient (Wildman–Crippen LogP) is 2.75. The molecule has 2 aromatic rings. The maximum absolute atomic E-state index is 14.0. The van der Waals surface area contributed by atoms with E-state index in [-0.39, 0.29) is 11.5 Å². The number of esters is 1. The fourth-order valence-electron chi connectivity index (χ4n) is 2.00. The first-order valence-corrected chi connectivity index (χ1v) is 6.45. The first kappa shape index (κ1) is 14.8. The van der Waals surface area contributed by atoms with Gasteiger partial charge in [0.25, 0.3) is 0 Å². The molecule has 1 aromatic carbocycles. The van der Waals surface area contributed by atoms with E-state index in [1.165, 1.54) is 19.2 Å². The number of carbonyl (C=O) groups is 1. The smallest absolute Gasteiger partial charge is 0.356 e. The second-order valence-corrected chi connectivity index (χ2v) is 4.30. The van der Waals surface area contributed by atoms with Crippen molar-refractivity contribution in [3.63, 3.8) is 0 Å². The molecular formula is C15H16FN3O2. The Labute approximate surface area is 122 Å². The number of aromatic nitrogens is 1. The summed E-state index contributed by atoms with van der Waals surface area (Å²) in [7, 11) is 1.27. The van der Waals surface area contributed by atoms with E-state index < -0.39 is 5.97 Å². The minimum atomic E-state index is -0.569. The second-order valence-electron chi connectivity index (χ2n) is 4.30. The third-order valence-corrected chi connectivity index (χ3v) is 3.01. The molecule has 0 unspecified atom stereocenters. The van der Waals surface area contributed by atoms with Crippen LogP contribution in [0.1, 0.15) is 17.4 Å². The van der Waals surface area contributed by atoms with Crippen LogP contribution in [-0.4, -0.2) is 24.6 Å². The van der Waals surface area contributed by atoms with E-state index >= 15 is 0 Å². The third kappa shape index (κ3) is 2.94. The van der Waals surface area contributed by atoms with E-state index in [1.807, 2.05) is 6.92 Å². The van der Waals surface area contributed by atoms with Gasteiger partial charge in [-0.15, -0.1) is 0 Å². The summed E-state index contributed by atoms with van der Waals surface area (Å²) in [6, 6.07) is 9.34. The molecular weight excluding hydrogens is 273 g/mol. The summed E-state index contributed by atoms with van der Waals surface area (Å²) in [4.78, 5) is 17.4. The van der Waals surface area contributed by atoms with Crippen LogP contribution in [0.5, 0.6) is 0 Å². The Morgan fingerprint density at radius 1 is 1.33 bits per heavy atom. The van der Waals surface area contributed by atoms with Crippen LogP contribution in [0.25, 0.3) is 0 Å². The Morgan fingerprint density at radius 3 is 2.67 bits per heavy atom. The zero-order valence-corrected chi connectivity index (χ0v) is 11.8. The molecule has 0 amide bonds. The first-order valence-electron chi connectivity index (χ1n) is 6.45. The lowest BCUT2D eigenvalue weighted by molar-refractivity contribution is 0.0594. The van der Waals surface area contributed by atoms with Crippen LogP contribution in [0.15, 0.2) is 36.4 Å². The summed E-state index contributed by atoms with van der Waals surface area (Å²) in [5, 5.41) is 0. The fourth-order valence-corrected chi connectivity index (χ4v) is 2.00. The van der Waals surface area contributed by atoms with E-state index in [1.54, 1.807) is 29.2 Å². The number of para-hydroxylation sites is 1. The minimum absolute atomic E-state index is 0.122. The summed E-state index contributed by atoms with van der Waals surface area (Å²) in [5.41, 5.74) is 6.74. The van der Waals surface area contributed by atoms with Gasteiger partial charge in [0.1, 0.15) is 5.82 Å². The number of anilines is 3. The minimum Gasteiger partial charge on any atom is -0.464 e. The van der Waals surface area contributed by atoms with Crippen molar-refractivity contribution in [1.82, 2.24) is 4.98 Å². The number of halogens is 1. The molecule has 1 heterocycles. The van der Waals surface area contributed by atoms with Crippen LogP contribution in [0.3, 0.4) is 0 Å². The van der Waals surface area contributed by atoms with Gasteiger partial charge >= 0.3 is 5.97 Å². The van der Waals surface area contributed by atoms with Crippen LogP contribution in [0.4, 0.5) is 21.6 Å². The number of nitrogens with two attached hydrogens (primary N) is 1. The summed E-state index contributed by atoms with van der Waals surface area (Å²) in [6.45, 7) is 2.29. The topological polar surface area (TPSA) is 68.5 Å². The fraction of sp³-hybridized carbons (Fsp3) is 0.200. The summed E-state index contributed by atoms with van der Waals surface area (Å²) in [6.07, 6.45) is 0. The zero-order valence-electron chi connectivity index (χ0n) is 11.8. The van der Waals surface area contributed by atoms with Gasteiger partial charge in [0.2, 0.25) is 0 Å². The Kier molecular flexibility index (Phi) is 4.37. The molecule has 0 bridgehead atoms. The van der Waals surface area contributed by atoms with Crippen LogP contribution < -0.4 is 10.6 Å². The molecule has 21 heavy (non-hydrogen) atoms. The molecule has 1 aromatic heterocycles. The monoisotopic (exact) mass is 289 g/mol.